The van der Waals surface area contributed by atoms with Gasteiger partial charge in [-0.25, -0.2) is 4.98 Å². The van der Waals surface area contributed by atoms with Gasteiger partial charge in [0.25, 0.3) is 0 Å². The first-order valence-electron chi connectivity index (χ1n) is 8.27. The average Bonchev–Trinajstić information content (AvgIpc) is 3.14. The van der Waals surface area contributed by atoms with E-state index in [1.807, 2.05) is 41.8 Å². The van der Waals surface area contributed by atoms with Crippen molar-refractivity contribution in [2.45, 2.75) is 19.4 Å². The number of hydrogen-bond donors (Lipinski definition) is 2. The highest BCUT2D eigenvalue weighted by Crippen LogP contribution is 2.23. The molecule has 0 saturated carbocycles. The molecule has 0 fully saturated rings. The van der Waals surface area contributed by atoms with Gasteiger partial charge >= 0.3 is 0 Å². The molecule has 2 N–H and O–H groups in total. The van der Waals surface area contributed by atoms with E-state index in [0.717, 1.165) is 27.6 Å². The number of rotatable bonds is 7. The van der Waals surface area contributed by atoms with Crippen LogP contribution in [0.2, 0.25) is 0 Å². The molecule has 1 heterocycles. The molecule has 0 unspecified atom stereocenters. The third-order valence-corrected chi connectivity index (χ3v) is 4.78. The number of ether oxygens (including phenoxy) is 1. The molecule has 2 aromatic carbocycles. The molecular formula is C20H20N2O3S. The quantitative estimate of drug-likeness (QED) is 0.666. The van der Waals surface area contributed by atoms with Crippen molar-refractivity contribution >= 4 is 17.2 Å². The van der Waals surface area contributed by atoms with Crippen molar-refractivity contribution in [2.24, 2.45) is 0 Å². The molecule has 0 saturated heterocycles. The van der Waals surface area contributed by atoms with E-state index in [9.17, 15) is 9.90 Å². The number of thiazole rings is 1. The first-order valence-corrected chi connectivity index (χ1v) is 9.15. The predicted molar refractivity (Wildman–Crippen MR) is 102 cm³/mol. The third-order valence-electron chi connectivity index (χ3n) is 3.93. The molecule has 1 amide bonds. The van der Waals surface area contributed by atoms with Crippen LogP contribution in [0.15, 0.2) is 53.9 Å². The van der Waals surface area contributed by atoms with Crippen LogP contribution >= 0.6 is 11.3 Å². The summed E-state index contributed by atoms with van der Waals surface area (Å²) in [7, 11) is 1.63. The number of carbonyl (C=O) groups excluding carboxylic acids is 1. The number of nitrogens with zero attached hydrogens (tertiary/aromatic N) is 1. The van der Waals surface area contributed by atoms with Gasteiger partial charge in [0.15, 0.2) is 0 Å². The number of phenolic OH excluding ortho intramolecular Hbond substituents is 1. The van der Waals surface area contributed by atoms with Gasteiger partial charge in [-0.3, -0.25) is 4.79 Å². The Labute approximate surface area is 156 Å². The van der Waals surface area contributed by atoms with Gasteiger partial charge in [-0.15, -0.1) is 11.3 Å². The van der Waals surface area contributed by atoms with Crippen LogP contribution < -0.4 is 10.1 Å². The third kappa shape index (κ3) is 4.83. The molecule has 0 spiro atoms. The number of aromatic nitrogens is 1. The molecule has 0 aliphatic carbocycles. The zero-order valence-corrected chi connectivity index (χ0v) is 15.3. The van der Waals surface area contributed by atoms with Crippen molar-refractivity contribution in [1.82, 2.24) is 10.3 Å². The molecule has 26 heavy (non-hydrogen) atoms. The molecule has 0 radical (unpaired) electrons. The first kappa shape index (κ1) is 17.9. The largest absolute Gasteiger partial charge is 0.508 e. The lowest BCUT2D eigenvalue weighted by molar-refractivity contribution is -0.121. The van der Waals surface area contributed by atoms with E-state index in [-0.39, 0.29) is 11.7 Å². The summed E-state index contributed by atoms with van der Waals surface area (Å²) in [5.74, 6) is 1.02. The molecule has 3 aromatic rings. The van der Waals surface area contributed by atoms with Crippen LogP contribution in [0, 0.1) is 0 Å². The van der Waals surface area contributed by atoms with Crippen molar-refractivity contribution in [3.63, 3.8) is 0 Å². The van der Waals surface area contributed by atoms with Crippen LogP contribution in [0.25, 0.3) is 11.3 Å². The van der Waals surface area contributed by atoms with E-state index in [4.69, 9.17) is 4.74 Å². The Hall–Kier alpha value is -2.86. The van der Waals surface area contributed by atoms with Crippen LogP contribution in [0.3, 0.4) is 0 Å². The number of amides is 1. The second kappa shape index (κ2) is 8.49. The van der Waals surface area contributed by atoms with E-state index in [1.54, 1.807) is 19.2 Å². The zero-order chi connectivity index (χ0) is 18.4. The molecule has 6 heteroatoms. The molecule has 0 atom stereocenters. The standard InChI is InChI=1S/C20H20N2O3S/c1-25-17-4-2-3-14(11-17)5-10-19(24)21-12-20-22-18(13-26-20)15-6-8-16(23)9-7-15/h2-4,6-9,11,13,23H,5,10,12H2,1H3,(H,21,24). The van der Waals surface area contributed by atoms with Crippen molar-refractivity contribution in [3.8, 4) is 22.8 Å². The number of methoxy groups -OCH3 is 1. The zero-order valence-electron chi connectivity index (χ0n) is 14.4. The monoisotopic (exact) mass is 368 g/mol. The normalized spacial score (nSPS) is 10.5. The Morgan fingerprint density at radius 1 is 1.23 bits per heavy atom. The van der Waals surface area contributed by atoms with Crippen molar-refractivity contribution in [2.75, 3.05) is 7.11 Å². The van der Waals surface area contributed by atoms with Gasteiger partial charge in [0, 0.05) is 17.4 Å². The number of hydrogen-bond acceptors (Lipinski definition) is 5. The minimum Gasteiger partial charge on any atom is -0.508 e. The van der Waals surface area contributed by atoms with Crippen molar-refractivity contribution in [1.29, 1.82) is 0 Å². The maximum atomic E-state index is 12.1. The highest BCUT2D eigenvalue weighted by atomic mass is 32.1. The number of nitrogens with one attached hydrogen (secondary N) is 1. The van der Waals surface area contributed by atoms with Crippen LogP contribution in [0.5, 0.6) is 11.5 Å². The molecular weight excluding hydrogens is 348 g/mol. The van der Waals surface area contributed by atoms with Gasteiger partial charge in [-0.2, -0.15) is 0 Å². The van der Waals surface area contributed by atoms with Crippen molar-refractivity contribution < 1.29 is 14.6 Å². The van der Waals surface area contributed by atoms with Crippen LogP contribution in [0.4, 0.5) is 0 Å². The molecule has 1 aromatic heterocycles. The lowest BCUT2D eigenvalue weighted by Gasteiger charge is -2.05. The first-order chi connectivity index (χ1) is 12.6. The second-order valence-electron chi connectivity index (χ2n) is 5.80. The van der Waals surface area contributed by atoms with Crippen LogP contribution in [0.1, 0.15) is 17.0 Å². The minimum absolute atomic E-state index is 0.00537. The predicted octanol–water partition coefficient (Wildman–Crippen LogP) is 3.77. The maximum Gasteiger partial charge on any atom is 0.220 e. The lowest BCUT2D eigenvalue weighted by atomic mass is 10.1. The summed E-state index contributed by atoms with van der Waals surface area (Å²) in [4.78, 5) is 16.6. The van der Waals surface area contributed by atoms with Gasteiger partial charge in [0.1, 0.15) is 16.5 Å². The smallest absolute Gasteiger partial charge is 0.220 e. The van der Waals surface area contributed by atoms with E-state index in [1.165, 1.54) is 11.3 Å². The van der Waals surface area contributed by atoms with E-state index < -0.39 is 0 Å². The summed E-state index contributed by atoms with van der Waals surface area (Å²) in [5.41, 5.74) is 2.86. The maximum absolute atomic E-state index is 12.1. The number of aromatic hydroxyl groups is 1. The molecule has 0 aliphatic heterocycles. The number of aryl methyl sites for hydroxylation is 1. The van der Waals surface area contributed by atoms with Crippen LogP contribution in [-0.4, -0.2) is 23.1 Å². The summed E-state index contributed by atoms with van der Waals surface area (Å²) in [6, 6.07) is 14.6. The molecule has 0 bridgehead atoms. The highest BCUT2D eigenvalue weighted by molar-refractivity contribution is 7.09. The number of carbonyl (C=O) groups is 1. The van der Waals surface area contributed by atoms with Gasteiger partial charge < -0.3 is 15.2 Å². The molecule has 5 nitrogen and oxygen atoms in total. The van der Waals surface area contributed by atoms with Crippen LogP contribution in [-0.2, 0) is 17.8 Å². The van der Waals surface area contributed by atoms with E-state index in [2.05, 4.69) is 10.3 Å². The Morgan fingerprint density at radius 2 is 2.04 bits per heavy atom. The Kier molecular flexibility index (Phi) is 5.86. The summed E-state index contributed by atoms with van der Waals surface area (Å²) in [5, 5.41) is 15.1. The average molecular weight is 368 g/mol. The van der Waals surface area contributed by atoms with Gasteiger partial charge in [0.2, 0.25) is 5.91 Å². The highest BCUT2D eigenvalue weighted by Gasteiger charge is 2.07. The Bertz CT molecular complexity index is 875. The van der Waals surface area contributed by atoms with Gasteiger partial charge in [0.05, 0.1) is 19.3 Å². The Morgan fingerprint density at radius 3 is 2.81 bits per heavy atom. The fraction of sp³-hybridized carbons (Fsp3) is 0.200. The molecule has 134 valence electrons. The fourth-order valence-corrected chi connectivity index (χ4v) is 3.25. The number of benzene rings is 2. The van der Waals surface area contributed by atoms with Gasteiger partial charge in [-0.1, -0.05) is 12.1 Å². The second-order valence-corrected chi connectivity index (χ2v) is 6.74. The number of phenols is 1. The summed E-state index contributed by atoms with van der Waals surface area (Å²) >= 11 is 1.51. The molecule has 0 aliphatic rings. The fourth-order valence-electron chi connectivity index (χ4n) is 2.51. The summed E-state index contributed by atoms with van der Waals surface area (Å²) in [6.07, 6.45) is 1.09. The minimum atomic E-state index is -0.00537. The van der Waals surface area contributed by atoms with E-state index >= 15 is 0 Å². The van der Waals surface area contributed by atoms with Gasteiger partial charge in [-0.05, 0) is 48.4 Å². The van der Waals surface area contributed by atoms with E-state index in [0.29, 0.717) is 19.4 Å². The summed E-state index contributed by atoms with van der Waals surface area (Å²) in [6.45, 7) is 0.416. The van der Waals surface area contributed by atoms with Crippen molar-refractivity contribution in [3.05, 3.63) is 64.5 Å². The lowest BCUT2D eigenvalue weighted by Crippen LogP contribution is -2.22. The Balaban J connectivity index is 1.49. The topological polar surface area (TPSA) is 71.5 Å². The summed E-state index contributed by atoms with van der Waals surface area (Å²) < 4.78 is 5.19. The SMILES string of the molecule is COc1cccc(CCC(=O)NCc2nc(-c3ccc(O)cc3)cs2)c1. The molecule has 3 rings (SSSR count).